The van der Waals surface area contributed by atoms with E-state index in [1.165, 1.54) is 0 Å². The molecule has 1 aliphatic heterocycles. The number of nitrogens with one attached hydrogen (secondary N) is 1. The summed E-state index contributed by atoms with van der Waals surface area (Å²) < 4.78 is 0. The van der Waals surface area contributed by atoms with Crippen molar-refractivity contribution < 1.29 is 14.7 Å². The molecule has 0 radical (unpaired) electrons. The van der Waals surface area contributed by atoms with E-state index in [1.54, 1.807) is 24.3 Å². The minimum Gasteiger partial charge on any atom is -0.392 e. The molecule has 102 valence electrons. The molecular weight excluding hydrogens is 246 g/mol. The SMILES string of the molecule is NC(=O)c1ccccc1NC(=O)CN1CCC(O)C1. The Hall–Kier alpha value is -1.92. The Kier molecular flexibility index (Phi) is 4.13. The number of aliphatic hydroxyl groups is 1. The van der Waals surface area contributed by atoms with Gasteiger partial charge >= 0.3 is 0 Å². The second-order valence-electron chi connectivity index (χ2n) is 4.64. The van der Waals surface area contributed by atoms with E-state index in [9.17, 15) is 14.7 Å². The van der Waals surface area contributed by atoms with E-state index in [1.807, 2.05) is 4.90 Å². The first-order chi connectivity index (χ1) is 9.06. The average molecular weight is 263 g/mol. The number of para-hydroxylation sites is 1. The lowest BCUT2D eigenvalue weighted by Crippen LogP contribution is -2.32. The van der Waals surface area contributed by atoms with Gasteiger partial charge < -0.3 is 16.2 Å². The molecule has 1 atom stereocenters. The number of amides is 2. The van der Waals surface area contributed by atoms with Gasteiger partial charge in [0.2, 0.25) is 5.91 Å². The summed E-state index contributed by atoms with van der Waals surface area (Å²) in [5.74, 6) is -0.796. The smallest absolute Gasteiger partial charge is 0.250 e. The number of hydrogen-bond donors (Lipinski definition) is 3. The fraction of sp³-hybridized carbons (Fsp3) is 0.385. The number of aliphatic hydroxyl groups excluding tert-OH is 1. The predicted molar refractivity (Wildman–Crippen MR) is 70.7 cm³/mol. The number of carbonyl (C=O) groups excluding carboxylic acids is 2. The molecule has 19 heavy (non-hydrogen) atoms. The van der Waals surface area contributed by atoms with E-state index in [0.29, 0.717) is 25.2 Å². The molecule has 2 rings (SSSR count). The number of anilines is 1. The first-order valence-electron chi connectivity index (χ1n) is 6.15. The molecule has 0 saturated carbocycles. The van der Waals surface area contributed by atoms with Gasteiger partial charge in [0, 0.05) is 13.1 Å². The molecule has 0 aliphatic carbocycles. The van der Waals surface area contributed by atoms with Crippen LogP contribution in [0.3, 0.4) is 0 Å². The van der Waals surface area contributed by atoms with Crippen LogP contribution >= 0.6 is 0 Å². The van der Waals surface area contributed by atoms with Crippen molar-refractivity contribution in [2.24, 2.45) is 5.73 Å². The fourth-order valence-electron chi connectivity index (χ4n) is 2.16. The Morgan fingerprint density at radius 1 is 1.42 bits per heavy atom. The molecule has 6 nitrogen and oxygen atoms in total. The van der Waals surface area contributed by atoms with Gasteiger partial charge in [-0.3, -0.25) is 14.5 Å². The molecule has 2 amide bonds. The van der Waals surface area contributed by atoms with Gasteiger partial charge in [0.05, 0.1) is 23.9 Å². The van der Waals surface area contributed by atoms with Crippen LogP contribution in [0.25, 0.3) is 0 Å². The van der Waals surface area contributed by atoms with Gasteiger partial charge in [-0.15, -0.1) is 0 Å². The third kappa shape index (κ3) is 3.52. The van der Waals surface area contributed by atoms with Crippen LogP contribution in [-0.4, -0.2) is 47.6 Å². The van der Waals surface area contributed by atoms with Crippen LogP contribution in [0, 0.1) is 0 Å². The van der Waals surface area contributed by atoms with E-state index < -0.39 is 5.91 Å². The molecule has 0 spiro atoms. The maximum atomic E-state index is 11.9. The number of primary amides is 1. The summed E-state index contributed by atoms with van der Waals surface area (Å²) in [6.45, 7) is 1.40. The van der Waals surface area contributed by atoms with Crippen molar-refractivity contribution in [1.82, 2.24) is 4.90 Å². The van der Waals surface area contributed by atoms with Crippen molar-refractivity contribution in [2.75, 3.05) is 25.0 Å². The molecule has 6 heteroatoms. The number of nitrogens with zero attached hydrogens (tertiary/aromatic N) is 1. The molecular formula is C13H17N3O3. The van der Waals surface area contributed by atoms with E-state index >= 15 is 0 Å². The lowest BCUT2D eigenvalue weighted by atomic mass is 10.1. The number of β-amino-alcohol motifs (C(OH)–C–C–N with tert-alkyl or cyclic N) is 1. The van der Waals surface area contributed by atoms with Gasteiger partial charge in [-0.05, 0) is 18.6 Å². The van der Waals surface area contributed by atoms with Gasteiger partial charge in [0.15, 0.2) is 0 Å². The molecule has 1 aliphatic rings. The van der Waals surface area contributed by atoms with Crippen molar-refractivity contribution in [3.63, 3.8) is 0 Å². The van der Waals surface area contributed by atoms with E-state index in [2.05, 4.69) is 5.32 Å². The summed E-state index contributed by atoms with van der Waals surface area (Å²) in [6.07, 6.45) is 0.330. The maximum absolute atomic E-state index is 11.9. The number of carbonyl (C=O) groups is 2. The van der Waals surface area contributed by atoms with E-state index in [4.69, 9.17) is 5.73 Å². The van der Waals surface area contributed by atoms with Crippen LogP contribution in [0.15, 0.2) is 24.3 Å². The number of rotatable bonds is 4. The highest BCUT2D eigenvalue weighted by Gasteiger charge is 2.22. The highest BCUT2D eigenvalue weighted by Crippen LogP contribution is 2.15. The minimum atomic E-state index is -0.576. The Bertz CT molecular complexity index is 490. The monoisotopic (exact) mass is 263 g/mol. The topological polar surface area (TPSA) is 95.7 Å². The van der Waals surface area contributed by atoms with E-state index in [-0.39, 0.29) is 24.1 Å². The first-order valence-corrected chi connectivity index (χ1v) is 6.15. The standard InChI is InChI=1S/C13H17N3O3/c14-13(19)10-3-1-2-4-11(10)15-12(18)8-16-6-5-9(17)7-16/h1-4,9,17H,5-8H2,(H2,14,19)(H,15,18). The fourth-order valence-corrected chi connectivity index (χ4v) is 2.16. The lowest BCUT2D eigenvalue weighted by Gasteiger charge is -2.15. The molecule has 1 aromatic rings. The highest BCUT2D eigenvalue weighted by atomic mass is 16.3. The Morgan fingerprint density at radius 2 is 2.16 bits per heavy atom. The Balaban J connectivity index is 1.97. The van der Waals surface area contributed by atoms with Gasteiger partial charge in [-0.25, -0.2) is 0 Å². The van der Waals surface area contributed by atoms with Crippen molar-refractivity contribution >= 4 is 17.5 Å². The Morgan fingerprint density at radius 3 is 2.79 bits per heavy atom. The van der Waals surface area contributed by atoms with Gasteiger partial charge in [-0.2, -0.15) is 0 Å². The summed E-state index contributed by atoms with van der Waals surface area (Å²) in [6, 6.07) is 6.61. The Labute approximate surface area is 111 Å². The summed E-state index contributed by atoms with van der Waals surface area (Å²) in [7, 11) is 0. The van der Waals surface area contributed by atoms with E-state index in [0.717, 1.165) is 0 Å². The van der Waals surface area contributed by atoms with Gasteiger partial charge in [0.25, 0.3) is 5.91 Å². The normalized spacial score (nSPS) is 19.3. The van der Waals surface area contributed by atoms with Crippen LogP contribution in [0.2, 0.25) is 0 Å². The van der Waals surface area contributed by atoms with Crippen LogP contribution in [0.1, 0.15) is 16.8 Å². The van der Waals surface area contributed by atoms with Gasteiger partial charge in [-0.1, -0.05) is 12.1 Å². The van der Waals surface area contributed by atoms with Crippen molar-refractivity contribution in [1.29, 1.82) is 0 Å². The number of hydrogen-bond acceptors (Lipinski definition) is 4. The van der Waals surface area contributed by atoms with Crippen molar-refractivity contribution in [2.45, 2.75) is 12.5 Å². The lowest BCUT2D eigenvalue weighted by molar-refractivity contribution is -0.117. The number of benzene rings is 1. The zero-order valence-corrected chi connectivity index (χ0v) is 10.5. The molecule has 0 bridgehead atoms. The van der Waals surface area contributed by atoms with Crippen LogP contribution < -0.4 is 11.1 Å². The largest absolute Gasteiger partial charge is 0.392 e. The van der Waals surface area contributed by atoms with Crippen molar-refractivity contribution in [3.8, 4) is 0 Å². The molecule has 0 aromatic heterocycles. The van der Waals surface area contributed by atoms with Crippen LogP contribution in [0.4, 0.5) is 5.69 Å². The molecule has 1 unspecified atom stereocenters. The molecule has 1 aromatic carbocycles. The summed E-state index contributed by atoms with van der Waals surface area (Å²) >= 11 is 0. The molecule has 1 fully saturated rings. The molecule has 1 saturated heterocycles. The summed E-state index contributed by atoms with van der Waals surface area (Å²) in [5, 5.41) is 12.1. The highest BCUT2D eigenvalue weighted by molar-refractivity contribution is 6.03. The van der Waals surface area contributed by atoms with Crippen LogP contribution in [-0.2, 0) is 4.79 Å². The second kappa shape index (κ2) is 5.81. The first kappa shape index (κ1) is 13.5. The molecule has 4 N–H and O–H groups in total. The zero-order valence-electron chi connectivity index (χ0n) is 10.5. The summed E-state index contributed by atoms with van der Waals surface area (Å²) in [5.41, 5.74) is 5.94. The third-order valence-corrected chi connectivity index (χ3v) is 3.08. The predicted octanol–water partition coefficient (Wildman–Crippen LogP) is -0.209. The number of likely N-dealkylation sites (tertiary alicyclic amines) is 1. The maximum Gasteiger partial charge on any atom is 0.250 e. The average Bonchev–Trinajstić information content (AvgIpc) is 2.75. The quantitative estimate of drug-likeness (QED) is 0.700. The van der Waals surface area contributed by atoms with Gasteiger partial charge in [0.1, 0.15) is 0 Å². The third-order valence-electron chi connectivity index (χ3n) is 3.08. The molecule has 1 heterocycles. The summed E-state index contributed by atoms with van der Waals surface area (Å²) in [4.78, 5) is 24.9. The zero-order chi connectivity index (χ0) is 13.8. The second-order valence-corrected chi connectivity index (χ2v) is 4.64. The minimum absolute atomic E-state index is 0.199. The van der Waals surface area contributed by atoms with Crippen LogP contribution in [0.5, 0.6) is 0 Å². The van der Waals surface area contributed by atoms with Crippen molar-refractivity contribution in [3.05, 3.63) is 29.8 Å². The number of nitrogens with two attached hydrogens (primary N) is 1.